The molecule has 1 N–H and O–H groups in total. The Kier molecular flexibility index (Phi) is 4.53. The average Bonchev–Trinajstić information content (AvgIpc) is 2.39. The normalized spacial score (nSPS) is 18.6. The lowest BCUT2D eigenvalue weighted by Gasteiger charge is -2.22. The van der Waals surface area contributed by atoms with E-state index in [0.29, 0.717) is 11.8 Å². The smallest absolute Gasteiger partial charge is 0.305 e. The van der Waals surface area contributed by atoms with Crippen LogP contribution in [0.15, 0.2) is 12.1 Å². The van der Waals surface area contributed by atoms with Gasteiger partial charge in [-0.15, -0.1) is 0 Å². The van der Waals surface area contributed by atoms with Crippen molar-refractivity contribution < 1.29 is 18.5 Å². The summed E-state index contributed by atoms with van der Waals surface area (Å²) in [5.41, 5.74) is -1.80. The molecule has 1 heterocycles. The van der Waals surface area contributed by atoms with Crippen LogP contribution in [0.4, 0.5) is 14.5 Å². The molecule has 1 unspecified atom stereocenters. The summed E-state index contributed by atoms with van der Waals surface area (Å²) >= 11 is 1.65. The molecular formula is C12H12F2N2O3S. The Bertz CT molecular complexity index is 548. The molecule has 1 amide bonds. The van der Waals surface area contributed by atoms with Crippen molar-refractivity contribution in [3.63, 3.8) is 0 Å². The number of thioether (sulfide) groups is 1. The minimum Gasteiger partial charge on any atom is -0.348 e. The molecule has 0 radical (unpaired) electrons. The molecule has 1 fully saturated rings. The molecule has 108 valence electrons. The minimum atomic E-state index is -1.43. The zero-order valence-electron chi connectivity index (χ0n) is 10.4. The first-order valence-corrected chi connectivity index (χ1v) is 7.17. The number of hydrogen-bond donors (Lipinski definition) is 1. The van der Waals surface area contributed by atoms with Crippen LogP contribution in [0.2, 0.25) is 0 Å². The number of amides is 1. The molecule has 20 heavy (non-hydrogen) atoms. The third-order valence-electron chi connectivity index (χ3n) is 2.99. The first-order valence-electron chi connectivity index (χ1n) is 6.01. The summed E-state index contributed by atoms with van der Waals surface area (Å²) < 4.78 is 27.4. The van der Waals surface area contributed by atoms with E-state index < -0.39 is 33.7 Å². The Morgan fingerprint density at radius 2 is 2.20 bits per heavy atom. The van der Waals surface area contributed by atoms with Gasteiger partial charge in [-0.25, -0.2) is 4.39 Å². The highest BCUT2D eigenvalue weighted by Gasteiger charge is 2.27. The van der Waals surface area contributed by atoms with Gasteiger partial charge in [0.25, 0.3) is 5.91 Å². The van der Waals surface area contributed by atoms with Crippen molar-refractivity contribution in [1.82, 2.24) is 5.32 Å². The van der Waals surface area contributed by atoms with Crippen LogP contribution < -0.4 is 5.32 Å². The molecule has 0 saturated carbocycles. The van der Waals surface area contributed by atoms with Gasteiger partial charge in [-0.1, -0.05) is 0 Å². The van der Waals surface area contributed by atoms with E-state index >= 15 is 0 Å². The van der Waals surface area contributed by atoms with Gasteiger partial charge >= 0.3 is 5.69 Å². The summed E-state index contributed by atoms with van der Waals surface area (Å²) in [6, 6.07) is 1.27. The Balaban J connectivity index is 2.24. The van der Waals surface area contributed by atoms with E-state index in [2.05, 4.69) is 5.32 Å². The number of nitrogens with zero attached hydrogens (tertiary/aromatic N) is 1. The van der Waals surface area contributed by atoms with Crippen LogP contribution >= 0.6 is 11.8 Å². The van der Waals surface area contributed by atoms with Crippen LogP contribution in [0.5, 0.6) is 0 Å². The number of carbonyl (C=O) groups excluding carboxylic acids is 1. The number of hydrogen-bond acceptors (Lipinski definition) is 4. The van der Waals surface area contributed by atoms with Crippen molar-refractivity contribution in [1.29, 1.82) is 0 Å². The molecule has 1 aliphatic heterocycles. The van der Waals surface area contributed by atoms with Crippen LogP contribution in [0.25, 0.3) is 0 Å². The molecule has 1 aromatic rings. The summed E-state index contributed by atoms with van der Waals surface area (Å²) in [6.45, 7) is 0. The van der Waals surface area contributed by atoms with Gasteiger partial charge in [-0.05, 0) is 24.7 Å². The second kappa shape index (κ2) is 6.17. The van der Waals surface area contributed by atoms with Gasteiger partial charge in [0.15, 0.2) is 0 Å². The Labute approximate surface area is 117 Å². The fraction of sp³-hybridized carbons (Fsp3) is 0.417. The average molecular weight is 302 g/mol. The van der Waals surface area contributed by atoms with Crippen molar-refractivity contribution in [2.75, 3.05) is 11.5 Å². The van der Waals surface area contributed by atoms with E-state index in [-0.39, 0.29) is 6.04 Å². The zero-order valence-corrected chi connectivity index (χ0v) is 11.2. The van der Waals surface area contributed by atoms with Gasteiger partial charge in [-0.3, -0.25) is 14.9 Å². The summed E-state index contributed by atoms with van der Waals surface area (Å²) in [5.74, 6) is -1.82. The first kappa shape index (κ1) is 14.7. The molecule has 0 bridgehead atoms. The second-order valence-corrected chi connectivity index (χ2v) is 5.55. The van der Waals surface area contributed by atoms with Gasteiger partial charge in [0.1, 0.15) is 11.4 Å². The molecule has 1 aromatic carbocycles. The van der Waals surface area contributed by atoms with Crippen molar-refractivity contribution >= 4 is 23.4 Å². The standard InChI is InChI=1S/C12H12F2N2O3S/c13-8-3-4-9(16(18)19)11(14)10(8)12(17)15-7-2-1-5-20-6-7/h3-4,7H,1-2,5-6H2,(H,15,17). The molecule has 5 nitrogen and oxygen atoms in total. The molecule has 0 spiro atoms. The molecule has 1 aliphatic rings. The lowest BCUT2D eigenvalue weighted by molar-refractivity contribution is -0.387. The lowest BCUT2D eigenvalue weighted by atomic mass is 10.1. The van der Waals surface area contributed by atoms with Crippen LogP contribution in [-0.4, -0.2) is 28.4 Å². The van der Waals surface area contributed by atoms with E-state index in [9.17, 15) is 23.7 Å². The largest absolute Gasteiger partial charge is 0.348 e. The Morgan fingerprint density at radius 1 is 1.45 bits per heavy atom. The molecule has 1 atom stereocenters. The van der Waals surface area contributed by atoms with Gasteiger partial charge in [0.05, 0.1) is 4.92 Å². The number of nitrogens with one attached hydrogen (secondary N) is 1. The van der Waals surface area contributed by atoms with Gasteiger partial charge < -0.3 is 5.32 Å². The molecular weight excluding hydrogens is 290 g/mol. The fourth-order valence-electron chi connectivity index (χ4n) is 2.00. The molecule has 0 aliphatic carbocycles. The summed E-state index contributed by atoms with van der Waals surface area (Å²) in [5, 5.41) is 13.1. The van der Waals surface area contributed by atoms with Crippen LogP contribution in [0.3, 0.4) is 0 Å². The van der Waals surface area contributed by atoms with Gasteiger partial charge in [-0.2, -0.15) is 16.2 Å². The van der Waals surface area contributed by atoms with Crippen molar-refractivity contribution in [2.24, 2.45) is 0 Å². The Morgan fingerprint density at radius 3 is 2.80 bits per heavy atom. The summed E-state index contributed by atoms with van der Waals surface area (Å²) in [4.78, 5) is 21.5. The zero-order chi connectivity index (χ0) is 14.7. The number of benzene rings is 1. The maximum atomic E-state index is 13.8. The summed E-state index contributed by atoms with van der Waals surface area (Å²) in [6.07, 6.45) is 1.65. The van der Waals surface area contributed by atoms with Crippen molar-refractivity contribution in [3.05, 3.63) is 39.4 Å². The quantitative estimate of drug-likeness (QED) is 0.688. The highest BCUT2D eigenvalue weighted by Crippen LogP contribution is 2.24. The summed E-state index contributed by atoms with van der Waals surface area (Å²) in [7, 11) is 0. The SMILES string of the molecule is O=C(NC1CCCSC1)c1c(F)ccc([N+](=O)[O-])c1F. The first-order chi connectivity index (χ1) is 9.50. The number of nitro groups is 1. The van der Waals surface area contributed by atoms with Gasteiger partial charge in [0.2, 0.25) is 5.82 Å². The third-order valence-corrected chi connectivity index (χ3v) is 4.21. The van der Waals surface area contributed by atoms with E-state index in [1.54, 1.807) is 11.8 Å². The fourth-order valence-corrected chi connectivity index (χ4v) is 3.07. The molecule has 2 rings (SSSR count). The van der Waals surface area contributed by atoms with Gasteiger partial charge in [0, 0.05) is 17.9 Å². The third kappa shape index (κ3) is 3.06. The predicted octanol–water partition coefficient (Wildman–Crippen LogP) is 2.50. The number of rotatable bonds is 3. The van der Waals surface area contributed by atoms with E-state index in [0.717, 1.165) is 24.7 Å². The highest BCUT2D eigenvalue weighted by molar-refractivity contribution is 7.99. The van der Waals surface area contributed by atoms with E-state index in [1.165, 1.54) is 0 Å². The maximum absolute atomic E-state index is 13.8. The lowest BCUT2D eigenvalue weighted by Crippen LogP contribution is -2.39. The molecule has 0 aromatic heterocycles. The minimum absolute atomic E-state index is 0.167. The van der Waals surface area contributed by atoms with Crippen molar-refractivity contribution in [3.8, 4) is 0 Å². The Hall–Kier alpha value is -1.70. The van der Waals surface area contributed by atoms with E-state index in [1.807, 2.05) is 0 Å². The van der Waals surface area contributed by atoms with Crippen LogP contribution in [-0.2, 0) is 0 Å². The van der Waals surface area contributed by atoms with E-state index in [4.69, 9.17) is 0 Å². The number of nitro benzene ring substituents is 1. The molecule has 8 heteroatoms. The monoisotopic (exact) mass is 302 g/mol. The second-order valence-electron chi connectivity index (χ2n) is 4.40. The van der Waals surface area contributed by atoms with Crippen molar-refractivity contribution in [2.45, 2.75) is 18.9 Å². The number of halogens is 2. The topological polar surface area (TPSA) is 72.2 Å². The molecule has 1 saturated heterocycles. The highest BCUT2D eigenvalue weighted by atomic mass is 32.2. The van der Waals surface area contributed by atoms with Crippen LogP contribution in [0.1, 0.15) is 23.2 Å². The predicted molar refractivity (Wildman–Crippen MR) is 70.8 cm³/mol. The maximum Gasteiger partial charge on any atom is 0.305 e. The van der Waals surface area contributed by atoms with Crippen LogP contribution in [0, 0.1) is 21.7 Å². The number of carbonyl (C=O) groups is 1.